The first-order valence-corrected chi connectivity index (χ1v) is 14.4. The lowest BCUT2D eigenvalue weighted by atomic mass is 9.86. The number of aromatic nitrogens is 1. The van der Waals surface area contributed by atoms with Crippen molar-refractivity contribution in [3.05, 3.63) is 126 Å². The Morgan fingerprint density at radius 3 is 2.51 bits per heavy atom. The second kappa shape index (κ2) is 15.1. The zero-order valence-electron chi connectivity index (χ0n) is 23.3. The van der Waals surface area contributed by atoms with E-state index in [1.54, 1.807) is 12.4 Å². The molecule has 4 aromatic rings. The lowest BCUT2D eigenvalue weighted by Crippen LogP contribution is -2.25. The zero-order chi connectivity index (χ0) is 28.1. The number of benzene rings is 3. The number of hydrogen-bond donors (Lipinski definition) is 0. The molecule has 5 rings (SSSR count). The summed E-state index contributed by atoms with van der Waals surface area (Å²) in [6.45, 7) is 2.22. The lowest BCUT2D eigenvalue weighted by Gasteiger charge is -2.23. The molecule has 41 heavy (non-hydrogen) atoms. The van der Waals surface area contributed by atoms with Crippen molar-refractivity contribution in [2.75, 3.05) is 19.8 Å². The maximum absolute atomic E-state index is 13.7. The van der Waals surface area contributed by atoms with Crippen molar-refractivity contribution in [2.45, 2.75) is 50.9 Å². The molecule has 1 aromatic heterocycles. The van der Waals surface area contributed by atoms with Crippen molar-refractivity contribution in [2.24, 2.45) is 0 Å². The minimum atomic E-state index is -0.312. The van der Waals surface area contributed by atoms with Crippen LogP contribution in [0.4, 0.5) is 0 Å². The van der Waals surface area contributed by atoms with Gasteiger partial charge in [0, 0.05) is 30.3 Å². The SMILES string of the molecule is O=C(c1ccc(OCCOCc2ccccc2)cc1)C(CCc1cccc(OC2CCCCO2)c1)c1cccnc1. The summed E-state index contributed by atoms with van der Waals surface area (Å²) >= 11 is 0. The predicted molar refractivity (Wildman–Crippen MR) is 158 cm³/mol. The van der Waals surface area contributed by atoms with E-state index >= 15 is 0 Å². The van der Waals surface area contributed by atoms with Gasteiger partial charge in [-0.2, -0.15) is 0 Å². The van der Waals surface area contributed by atoms with E-state index in [1.807, 2.05) is 78.9 Å². The molecular weight excluding hydrogens is 514 g/mol. The molecule has 3 aromatic carbocycles. The molecule has 0 aliphatic carbocycles. The third-order valence-electron chi connectivity index (χ3n) is 7.18. The average molecular weight is 552 g/mol. The maximum Gasteiger partial charge on any atom is 0.199 e. The number of rotatable bonds is 14. The number of pyridine rings is 1. The molecule has 0 bridgehead atoms. The van der Waals surface area contributed by atoms with Gasteiger partial charge < -0.3 is 18.9 Å². The molecule has 0 spiro atoms. The van der Waals surface area contributed by atoms with Crippen LogP contribution in [0.15, 0.2) is 103 Å². The molecule has 0 radical (unpaired) electrons. The summed E-state index contributed by atoms with van der Waals surface area (Å²) < 4.78 is 23.3. The Labute approximate surface area is 242 Å². The van der Waals surface area contributed by atoms with Crippen molar-refractivity contribution in [3.8, 4) is 11.5 Å². The molecule has 2 atom stereocenters. The summed E-state index contributed by atoms with van der Waals surface area (Å²) in [6, 6.07) is 29.4. The summed E-state index contributed by atoms with van der Waals surface area (Å²) in [6.07, 6.45) is 7.85. The van der Waals surface area contributed by atoms with Crippen molar-refractivity contribution in [1.82, 2.24) is 4.98 Å². The van der Waals surface area contributed by atoms with E-state index in [0.717, 1.165) is 54.7 Å². The fourth-order valence-electron chi connectivity index (χ4n) is 4.97. The molecule has 1 aliphatic rings. The highest BCUT2D eigenvalue weighted by Gasteiger charge is 2.23. The number of hydrogen-bond acceptors (Lipinski definition) is 6. The fourth-order valence-corrected chi connectivity index (χ4v) is 4.97. The highest BCUT2D eigenvalue weighted by Crippen LogP contribution is 2.28. The van der Waals surface area contributed by atoms with Crippen LogP contribution >= 0.6 is 0 Å². The number of Topliss-reactive ketones (excluding diaryl/α,β-unsaturated/α-hetero) is 1. The monoisotopic (exact) mass is 551 g/mol. The highest BCUT2D eigenvalue weighted by atomic mass is 16.7. The number of nitrogens with zero attached hydrogens (tertiary/aromatic N) is 1. The number of ketones is 1. The second-order valence-electron chi connectivity index (χ2n) is 10.2. The molecule has 2 heterocycles. The van der Waals surface area contributed by atoms with Gasteiger partial charge in [0.15, 0.2) is 12.1 Å². The zero-order valence-corrected chi connectivity index (χ0v) is 23.3. The second-order valence-corrected chi connectivity index (χ2v) is 10.2. The Balaban J connectivity index is 1.17. The number of aryl methyl sites for hydroxylation is 1. The highest BCUT2D eigenvalue weighted by molar-refractivity contribution is 6.01. The third kappa shape index (κ3) is 8.74. The molecule has 212 valence electrons. The molecule has 2 unspecified atom stereocenters. The quantitative estimate of drug-likeness (QED) is 0.122. The van der Waals surface area contributed by atoms with Crippen LogP contribution < -0.4 is 9.47 Å². The van der Waals surface area contributed by atoms with E-state index in [9.17, 15) is 4.79 Å². The van der Waals surface area contributed by atoms with Crippen LogP contribution in [0.5, 0.6) is 11.5 Å². The lowest BCUT2D eigenvalue weighted by molar-refractivity contribution is -0.105. The van der Waals surface area contributed by atoms with Gasteiger partial charge in [-0.05, 0) is 84.8 Å². The summed E-state index contributed by atoms with van der Waals surface area (Å²) in [7, 11) is 0. The Kier molecular flexibility index (Phi) is 10.5. The summed E-state index contributed by atoms with van der Waals surface area (Å²) in [4.78, 5) is 18.0. The van der Waals surface area contributed by atoms with Crippen LogP contribution in [-0.4, -0.2) is 36.9 Å². The Morgan fingerprint density at radius 1 is 0.878 bits per heavy atom. The maximum atomic E-state index is 13.7. The molecule has 0 saturated carbocycles. The van der Waals surface area contributed by atoms with Crippen molar-refractivity contribution < 1.29 is 23.7 Å². The van der Waals surface area contributed by atoms with E-state index in [2.05, 4.69) is 17.1 Å². The van der Waals surface area contributed by atoms with E-state index < -0.39 is 0 Å². The van der Waals surface area contributed by atoms with Gasteiger partial charge in [0.05, 0.1) is 19.8 Å². The van der Waals surface area contributed by atoms with E-state index in [1.165, 1.54) is 0 Å². The molecule has 0 amide bonds. The normalized spacial score (nSPS) is 15.7. The first-order valence-electron chi connectivity index (χ1n) is 14.4. The van der Waals surface area contributed by atoms with Gasteiger partial charge >= 0.3 is 0 Å². The average Bonchev–Trinajstić information content (AvgIpc) is 3.03. The Hall–Kier alpha value is -4.00. The first kappa shape index (κ1) is 28.5. The molecular formula is C35H37NO5. The summed E-state index contributed by atoms with van der Waals surface area (Å²) in [5.41, 5.74) is 3.82. The van der Waals surface area contributed by atoms with Crippen LogP contribution in [-0.2, 0) is 22.5 Å². The van der Waals surface area contributed by atoms with Gasteiger partial charge in [-0.3, -0.25) is 9.78 Å². The van der Waals surface area contributed by atoms with Crippen molar-refractivity contribution >= 4 is 5.78 Å². The van der Waals surface area contributed by atoms with Crippen LogP contribution in [0.3, 0.4) is 0 Å². The third-order valence-corrected chi connectivity index (χ3v) is 7.18. The van der Waals surface area contributed by atoms with E-state index in [-0.39, 0.29) is 18.0 Å². The number of ether oxygens (including phenoxy) is 4. The van der Waals surface area contributed by atoms with Gasteiger partial charge in [0.2, 0.25) is 0 Å². The van der Waals surface area contributed by atoms with Crippen molar-refractivity contribution in [1.29, 1.82) is 0 Å². The predicted octanol–water partition coefficient (Wildman–Crippen LogP) is 7.18. The van der Waals surface area contributed by atoms with Crippen LogP contribution in [0.25, 0.3) is 0 Å². The molecule has 1 saturated heterocycles. The topological polar surface area (TPSA) is 66.9 Å². The van der Waals surface area contributed by atoms with E-state index in [0.29, 0.717) is 37.6 Å². The van der Waals surface area contributed by atoms with Gasteiger partial charge in [-0.1, -0.05) is 48.5 Å². The Bertz CT molecular complexity index is 1340. The summed E-state index contributed by atoms with van der Waals surface area (Å²) in [5, 5.41) is 0. The van der Waals surface area contributed by atoms with Gasteiger partial charge in [0.1, 0.15) is 18.1 Å². The number of carbonyl (C=O) groups excluding carboxylic acids is 1. The Morgan fingerprint density at radius 2 is 1.73 bits per heavy atom. The standard InChI is InChI=1S/C35H37NO5/c37-35(29-15-17-31(18-16-29)39-23-22-38-26-28-8-2-1-3-9-28)33(30-11-7-20-36-25-30)19-14-27-10-6-12-32(24-27)41-34-13-4-5-21-40-34/h1-3,6-12,15-18,20,24-25,33-34H,4-5,13-14,19,21-23,26H2. The van der Waals surface area contributed by atoms with Gasteiger partial charge in [0.25, 0.3) is 0 Å². The first-order chi connectivity index (χ1) is 20.2. The molecule has 6 heteroatoms. The largest absolute Gasteiger partial charge is 0.491 e. The smallest absolute Gasteiger partial charge is 0.199 e. The minimum Gasteiger partial charge on any atom is -0.491 e. The van der Waals surface area contributed by atoms with E-state index in [4.69, 9.17) is 18.9 Å². The minimum absolute atomic E-state index is 0.0683. The van der Waals surface area contributed by atoms with Crippen LogP contribution in [0.1, 0.15) is 58.6 Å². The van der Waals surface area contributed by atoms with Crippen LogP contribution in [0.2, 0.25) is 0 Å². The van der Waals surface area contributed by atoms with Crippen LogP contribution in [0, 0.1) is 0 Å². The summed E-state index contributed by atoms with van der Waals surface area (Å²) in [5.74, 6) is 1.27. The molecule has 1 aliphatic heterocycles. The molecule has 6 nitrogen and oxygen atoms in total. The number of carbonyl (C=O) groups is 1. The van der Waals surface area contributed by atoms with Crippen molar-refractivity contribution in [3.63, 3.8) is 0 Å². The van der Waals surface area contributed by atoms with Gasteiger partial charge in [-0.15, -0.1) is 0 Å². The molecule has 0 N–H and O–H groups in total. The fraction of sp³-hybridized carbons (Fsp3) is 0.314. The van der Waals surface area contributed by atoms with Gasteiger partial charge in [-0.25, -0.2) is 0 Å². The molecule has 1 fully saturated rings.